The molecule has 2 aliphatic rings. The van der Waals surface area contributed by atoms with Crippen LogP contribution in [0.2, 0.25) is 0 Å². The second-order valence-electron chi connectivity index (χ2n) is 6.21. The van der Waals surface area contributed by atoms with Crippen molar-refractivity contribution >= 4 is 12.1 Å². The maximum atomic E-state index is 11.2. The smallest absolute Gasteiger partial charge is 0.157 e. The number of rotatable bonds is 4. The number of piperazine rings is 1. The minimum absolute atomic E-state index is 0.0565. The van der Waals surface area contributed by atoms with E-state index in [0.29, 0.717) is 18.6 Å². The van der Waals surface area contributed by atoms with E-state index in [-0.39, 0.29) is 17.2 Å². The molecule has 1 unspecified atom stereocenters. The van der Waals surface area contributed by atoms with Crippen LogP contribution in [0.5, 0.6) is 11.5 Å². The van der Waals surface area contributed by atoms with Crippen LogP contribution in [0, 0.1) is 5.92 Å². The molecule has 3 rings (SSSR count). The van der Waals surface area contributed by atoms with E-state index >= 15 is 0 Å². The number of carbonyl (C=O) groups excluding carboxylic acids is 1. The van der Waals surface area contributed by atoms with Crippen LogP contribution in [-0.2, 0) is 0 Å². The predicted molar refractivity (Wildman–Crippen MR) is 92.7 cm³/mol. The SMILES string of the molecule is CN1CCN(C2=NC=CCC2COc2cccc(O)c2C=O)CC1. The number of phenols is 1. The third-order valence-electron chi connectivity index (χ3n) is 4.53. The zero-order valence-corrected chi connectivity index (χ0v) is 13.9. The Bertz CT molecular complexity index is 649. The highest BCUT2D eigenvalue weighted by atomic mass is 16.5. The number of aromatic hydroxyl groups is 1. The first-order valence-corrected chi connectivity index (χ1v) is 8.25. The van der Waals surface area contributed by atoms with Gasteiger partial charge in [-0.3, -0.25) is 4.79 Å². The molecule has 2 aliphatic heterocycles. The molecule has 0 aliphatic carbocycles. The van der Waals surface area contributed by atoms with Crippen LogP contribution in [0.15, 0.2) is 35.5 Å². The van der Waals surface area contributed by atoms with Crippen molar-refractivity contribution in [2.75, 3.05) is 39.8 Å². The van der Waals surface area contributed by atoms with Gasteiger partial charge in [-0.25, -0.2) is 4.99 Å². The molecule has 6 heteroatoms. The summed E-state index contributed by atoms with van der Waals surface area (Å²) in [5.41, 5.74) is 0.196. The maximum absolute atomic E-state index is 11.2. The summed E-state index contributed by atoms with van der Waals surface area (Å²) in [7, 11) is 2.13. The van der Waals surface area contributed by atoms with Crippen molar-refractivity contribution in [3.8, 4) is 11.5 Å². The van der Waals surface area contributed by atoms with Gasteiger partial charge in [0, 0.05) is 32.4 Å². The number of nitrogens with zero attached hydrogens (tertiary/aromatic N) is 3. The molecule has 1 saturated heterocycles. The van der Waals surface area contributed by atoms with Gasteiger partial charge in [-0.05, 0) is 25.6 Å². The van der Waals surface area contributed by atoms with Crippen LogP contribution in [-0.4, -0.2) is 66.9 Å². The Hall–Kier alpha value is -2.34. The van der Waals surface area contributed by atoms with E-state index in [9.17, 15) is 9.90 Å². The van der Waals surface area contributed by atoms with Gasteiger partial charge in [0.1, 0.15) is 17.3 Å². The van der Waals surface area contributed by atoms with Crippen LogP contribution >= 0.6 is 0 Å². The number of allylic oxidation sites excluding steroid dienone is 1. The van der Waals surface area contributed by atoms with Gasteiger partial charge < -0.3 is 19.6 Å². The fourth-order valence-corrected chi connectivity index (χ4v) is 3.05. The van der Waals surface area contributed by atoms with Crippen molar-refractivity contribution < 1.29 is 14.6 Å². The topological polar surface area (TPSA) is 65.4 Å². The zero-order chi connectivity index (χ0) is 16.9. The Morgan fingerprint density at radius 1 is 1.33 bits per heavy atom. The van der Waals surface area contributed by atoms with Gasteiger partial charge in [0.05, 0.1) is 18.1 Å². The Morgan fingerprint density at radius 2 is 2.12 bits per heavy atom. The molecule has 24 heavy (non-hydrogen) atoms. The summed E-state index contributed by atoms with van der Waals surface area (Å²) < 4.78 is 5.85. The molecule has 0 amide bonds. The van der Waals surface area contributed by atoms with Crippen molar-refractivity contribution in [1.82, 2.24) is 9.80 Å². The normalized spacial score (nSPS) is 21.5. The van der Waals surface area contributed by atoms with Gasteiger partial charge in [0.15, 0.2) is 6.29 Å². The van der Waals surface area contributed by atoms with Crippen molar-refractivity contribution in [3.05, 3.63) is 36.0 Å². The number of aldehydes is 1. The number of likely N-dealkylation sites (N-methyl/N-ethyl adjacent to an activating group) is 1. The van der Waals surface area contributed by atoms with E-state index in [1.807, 2.05) is 12.3 Å². The number of phenolic OH excluding ortho intramolecular Hbond substituents is 1. The maximum Gasteiger partial charge on any atom is 0.157 e. The van der Waals surface area contributed by atoms with Crippen molar-refractivity contribution in [2.45, 2.75) is 6.42 Å². The average Bonchev–Trinajstić information content (AvgIpc) is 2.61. The summed E-state index contributed by atoms with van der Waals surface area (Å²) in [6.07, 6.45) is 5.38. The molecule has 1 fully saturated rings. The second-order valence-corrected chi connectivity index (χ2v) is 6.21. The van der Waals surface area contributed by atoms with Crippen LogP contribution in [0.4, 0.5) is 0 Å². The van der Waals surface area contributed by atoms with E-state index in [2.05, 4.69) is 21.8 Å². The molecular weight excluding hydrogens is 306 g/mol. The zero-order valence-electron chi connectivity index (χ0n) is 13.9. The quantitative estimate of drug-likeness (QED) is 0.853. The molecule has 1 N–H and O–H groups in total. The first-order chi connectivity index (χ1) is 11.7. The molecule has 6 nitrogen and oxygen atoms in total. The van der Waals surface area contributed by atoms with Gasteiger partial charge in [-0.15, -0.1) is 0 Å². The summed E-state index contributed by atoms with van der Waals surface area (Å²) in [6, 6.07) is 4.86. The van der Waals surface area contributed by atoms with Gasteiger partial charge in [-0.1, -0.05) is 12.1 Å². The average molecular weight is 329 g/mol. The number of carbonyl (C=O) groups is 1. The summed E-state index contributed by atoms with van der Waals surface area (Å²) in [4.78, 5) is 20.4. The number of ether oxygens (including phenoxy) is 1. The fraction of sp³-hybridized carbons (Fsp3) is 0.444. The highest BCUT2D eigenvalue weighted by Gasteiger charge is 2.26. The third-order valence-corrected chi connectivity index (χ3v) is 4.53. The summed E-state index contributed by atoms with van der Waals surface area (Å²) in [5.74, 6) is 1.56. The molecule has 128 valence electrons. The molecule has 0 bridgehead atoms. The first kappa shape index (κ1) is 16.5. The van der Waals surface area contributed by atoms with Crippen LogP contribution < -0.4 is 4.74 Å². The Labute approximate surface area is 142 Å². The minimum Gasteiger partial charge on any atom is -0.507 e. The fourth-order valence-electron chi connectivity index (χ4n) is 3.05. The van der Waals surface area contributed by atoms with Gasteiger partial charge in [0.25, 0.3) is 0 Å². The Morgan fingerprint density at radius 3 is 2.88 bits per heavy atom. The lowest BCUT2D eigenvalue weighted by molar-refractivity contribution is 0.111. The number of aliphatic imine (C=N–C) groups is 1. The number of benzene rings is 1. The Kier molecular flexibility index (Phi) is 5.15. The largest absolute Gasteiger partial charge is 0.507 e. The molecule has 1 aromatic rings. The molecular formula is C18H23N3O3. The standard InChI is InChI=1S/C18H23N3O3/c1-20-8-10-21(11-9-20)18-14(4-3-7-19-18)13-24-17-6-2-5-16(23)15(17)12-22/h2-3,5-7,12,14,23H,4,8-11,13H2,1H3. The molecule has 0 radical (unpaired) electrons. The van der Waals surface area contributed by atoms with Crippen molar-refractivity contribution in [2.24, 2.45) is 10.9 Å². The Balaban J connectivity index is 1.68. The van der Waals surface area contributed by atoms with E-state index in [1.54, 1.807) is 12.1 Å². The van der Waals surface area contributed by atoms with Crippen molar-refractivity contribution in [3.63, 3.8) is 0 Å². The highest BCUT2D eigenvalue weighted by Crippen LogP contribution is 2.27. The van der Waals surface area contributed by atoms with Crippen LogP contribution in [0.25, 0.3) is 0 Å². The minimum atomic E-state index is -0.0565. The number of amidine groups is 1. The van der Waals surface area contributed by atoms with Crippen LogP contribution in [0.1, 0.15) is 16.8 Å². The monoisotopic (exact) mass is 329 g/mol. The molecule has 0 aromatic heterocycles. The van der Waals surface area contributed by atoms with E-state index in [0.717, 1.165) is 38.4 Å². The van der Waals surface area contributed by atoms with Gasteiger partial charge in [-0.2, -0.15) is 0 Å². The molecule has 0 spiro atoms. The van der Waals surface area contributed by atoms with E-state index in [4.69, 9.17) is 4.74 Å². The number of hydrogen-bond donors (Lipinski definition) is 1. The highest BCUT2D eigenvalue weighted by molar-refractivity contribution is 5.86. The molecule has 0 saturated carbocycles. The number of hydrogen-bond acceptors (Lipinski definition) is 6. The van der Waals surface area contributed by atoms with E-state index in [1.165, 1.54) is 6.07 Å². The summed E-state index contributed by atoms with van der Waals surface area (Å²) >= 11 is 0. The summed E-state index contributed by atoms with van der Waals surface area (Å²) in [5, 5.41) is 9.75. The lowest BCUT2D eigenvalue weighted by atomic mass is 10.0. The van der Waals surface area contributed by atoms with Gasteiger partial charge >= 0.3 is 0 Å². The predicted octanol–water partition coefficient (Wildman–Crippen LogP) is 1.76. The van der Waals surface area contributed by atoms with Crippen molar-refractivity contribution in [1.29, 1.82) is 0 Å². The first-order valence-electron chi connectivity index (χ1n) is 8.25. The van der Waals surface area contributed by atoms with E-state index < -0.39 is 0 Å². The molecule has 1 atom stereocenters. The molecule has 2 heterocycles. The lowest BCUT2D eigenvalue weighted by Crippen LogP contribution is -2.50. The van der Waals surface area contributed by atoms with Gasteiger partial charge in [0.2, 0.25) is 0 Å². The lowest BCUT2D eigenvalue weighted by Gasteiger charge is -2.37. The van der Waals surface area contributed by atoms with Crippen LogP contribution in [0.3, 0.4) is 0 Å². The second kappa shape index (κ2) is 7.49. The third kappa shape index (κ3) is 3.59. The summed E-state index contributed by atoms with van der Waals surface area (Å²) in [6.45, 7) is 4.41. The molecule has 1 aromatic carbocycles.